The first-order valence-corrected chi connectivity index (χ1v) is 6.93. The Kier molecular flexibility index (Phi) is 5.15. The molecular formula is C5H12BrClO2Si. The van der Waals surface area contributed by atoms with Gasteiger partial charge in [-0.3, -0.25) is 0 Å². The van der Waals surface area contributed by atoms with Crippen molar-refractivity contribution in [2.24, 2.45) is 0 Å². The zero-order valence-electron chi connectivity index (χ0n) is 6.36. The highest BCUT2D eigenvalue weighted by atomic mass is 79.9. The van der Waals surface area contributed by atoms with Gasteiger partial charge >= 0.3 is 8.56 Å². The van der Waals surface area contributed by atoms with Crippen molar-refractivity contribution in [1.82, 2.24) is 0 Å². The lowest BCUT2D eigenvalue weighted by molar-refractivity contribution is 0.228. The minimum atomic E-state index is -1.94. The first kappa shape index (κ1) is 10.9. The van der Waals surface area contributed by atoms with Crippen LogP contribution in [0.2, 0.25) is 12.6 Å². The molecular weight excluding hydrogens is 235 g/mol. The zero-order chi connectivity index (χ0) is 8.20. The Labute approximate surface area is 76.2 Å². The molecule has 0 aromatic rings. The number of halogens is 2. The highest BCUT2D eigenvalue weighted by Crippen LogP contribution is 2.19. The molecule has 5 heteroatoms. The molecule has 2 atom stereocenters. The molecule has 0 saturated heterocycles. The summed E-state index contributed by atoms with van der Waals surface area (Å²) in [6.07, 6.45) is 0. The summed E-state index contributed by atoms with van der Waals surface area (Å²) in [6.45, 7) is 4.01. The smallest absolute Gasteiger partial charge is 0.336 e. The van der Waals surface area contributed by atoms with Gasteiger partial charge in [-0.25, -0.2) is 0 Å². The maximum atomic E-state index is 5.57. The minimum Gasteiger partial charge on any atom is -0.398 e. The lowest BCUT2D eigenvalue weighted by Gasteiger charge is -2.23. The molecule has 0 aliphatic heterocycles. The first-order chi connectivity index (χ1) is 4.54. The number of alkyl halides is 2. The van der Waals surface area contributed by atoms with Gasteiger partial charge in [0.2, 0.25) is 0 Å². The third-order valence-electron chi connectivity index (χ3n) is 1.41. The molecule has 0 radical (unpaired) electrons. The topological polar surface area (TPSA) is 18.5 Å². The fourth-order valence-corrected chi connectivity index (χ4v) is 3.14. The third-order valence-corrected chi connectivity index (χ3v) is 5.07. The molecule has 62 valence electrons. The van der Waals surface area contributed by atoms with E-state index in [2.05, 4.69) is 15.9 Å². The van der Waals surface area contributed by atoms with Gasteiger partial charge in [0, 0.05) is 7.11 Å². The molecule has 0 rings (SSSR count). The first-order valence-electron chi connectivity index (χ1n) is 3.05. The van der Waals surface area contributed by atoms with Crippen molar-refractivity contribution in [2.45, 2.75) is 24.0 Å². The predicted octanol–water partition coefficient (Wildman–Crippen LogP) is 2.66. The summed E-state index contributed by atoms with van der Waals surface area (Å²) in [5.74, 6) is 0. The molecule has 0 N–H and O–H groups in total. The van der Waals surface area contributed by atoms with E-state index < -0.39 is 13.0 Å². The molecule has 0 amide bonds. The monoisotopic (exact) mass is 246 g/mol. The predicted molar refractivity (Wildman–Crippen MR) is 48.8 cm³/mol. The average Bonchev–Trinajstić information content (AvgIpc) is 1.87. The van der Waals surface area contributed by atoms with Crippen LogP contribution in [0.15, 0.2) is 0 Å². The number of hydrogen-bond donors (Lipinski definition) is 0. The van der Waals surface area contributed by atoms with E-state index in [9.17, 15) is 0 Å². The van der Waals surface area contributed by atoms with Gasteiger partial charge < -0.3 is 8.85 Å². The van der Waals surface area contributed by atoms with E-state index in [0.29, 0.717) is 0 Å². The van der Waals surface area contributed by atoms with Crippen LogP contribution in [0.4, 0.5) is 0 Å². The van der Waals surface area contributed by atoms with Crippen LogP contribution in [0, 0.1) is 0 Å². The van der Waals surface area contributed by atoms with E-state index in [4.69, 9.17) is 20.5 Å². The highest BCUT2D eigenvalue weighted by molar-refractivity contribution is 9.10. The van der Waals surface area contributed by atoms with Crippen LogP contribution in [0.25, 0.3) is 0 Å². The van der Waals surface area contributed by atoms with E-state index in [1.807, 2.05) is 13.5 Å². The Bertz CT molecular complexity index is 97.6. The van der Waals surface area contributed by atoms with Gasteiger partial charge in [-0.2, -0.15) is 0 Å². The Morgan fingerprint density at radius 1 is 1.70 bits per heavy atom. The lowest BCUT2D eigenvalue weighted by Crippen LogP contribution is -2.37. The molecule has 0 fully saturated rings. The molecule has 10 heavy (non-hydrogen) atoms. The molecule has 0 aromatic carbocycles. The SMILES string of the molecule is CC[Si](C)(OC)OC(Cl)Br. The van der Waals surface area contributed by atoms with E-state index in [-0.39, 0.29) is 0 Å². The second-order valence-electron chi connectivity index (χ2n) is 2.07. The van der Waals surface area contributed by atoms with Gasteiger partial charge in [-0.05, 0) is 28.5 Å². The Balaban J connectivity index is 3.80. The maximum Gasteiger partial charge on any atom is 0.336 e. The molecule has 0 aromatic heterocycles. The zero-order valence-corrected chi connectivity index (χ0v) is 9.70. The quantitative estimate of drug-likeness (QED) is 0.562. The fraction of sp³-hybridized carbons (Fsp3) is 1.00. The Hall–Kier alpha value is 0.907. The normalized spacial score (nSPS) is 20.1. The molecule has 0 spiro atoms. The molecule has 0 heterocycles. The summed E-state index contributed by atoms with van der Waals surface area (Å²) < 4.78 is 10.1. The van der Waals surface area contributed by atoms with Gasteiger partial charge in [0.05, 0.1) is 0 Å². The standard InChI is InChI=1S/C5H12BrClO2Si/c1-4-10(3,8-2)9-5(6)7/h5H,4H2,1-3H3. The summed E-state index contributed by atoms with van der Waals surface area (Å²) >= 11 is 8.66. The van der Waals surface area contributed by atoms with E-state index >= 15 is 0 Å². The van der Waals surface area contributed by atoms with Crippen molar-refractivity contribution in [1.29, 1.82) is 0 Å². The average molecular weight is 248 g/mol. The lowest BCUT2D eigenvalue weighted by atomic mass is 11.0. The van der Waals surface area contributed by atoms with Crippen molar-refractivity contribution < 1.29 is 8.85 Å². The van der Waals surface area contributed by atoms with E-state index in [1.54, 1.807) is 7.11 Å². The highest BCUT2D eigenvalue weighted by Gasteiger charge is 2.29. The second kappa shape index (κ2) is 4.72. The summed E-state index contributed by atoms with van der Waals surface area (Å²) in [7, 11) is -0.284. The number of rotatable bonds is 4. The Morgan fingerprint density at radius 2 is 2.20 bits per heavy atom. The molecule has 2 nitrogen and oxygen atoms in total. The largest absolute Gasteiger partial charge is 0.398 e. The summed E-state index contributed by atoms with van der Waals surface area (Å²) in [5.41, 5.74) is 0. The van der Waals surface area contributed by atoms with Gasteiger partial charge in [-0.1, -0.05) is 18.5 Å². The van der Waals surface area contributed by atoms with Crippen LogP contribution in [0.3, 0.4) is 0 Å². The molecule has 2 unspecified atom stereocenters. The van der Waals surface area contributed by atoms with Crippen LogP contribution in [-0.4, -0.2) is 20.1 Å². The van der Waals surface area contributed by atoms with Crippen LogP contribution < -0.4 is 0 Å². The molecule has 0 bridgehead atoms. The Morgan fingerprint density at radius 3 is 2.30 bits per heavy atom. The van der Waals surface area contributed by atoms with Crippen molar-refractivity contribution >= 4 is 36.1 Å². The van der Waals surface area contributed by atoms with Crippen molar-refractivity contribution in [3.05, 3.63) is 0 Å². The minimum absolute atomic E-state index is 0.427. The molecule has 0 aliphatic rings. The van der Waals surface area contributed by atoms with Crippen LogP contribution in [-0.2, 0) is 8.85 Å². The second-order valence-corrected chi connectivity index (χ2v) is 7.44. The van der Waals surface area contributed by atoms with Gasteiger partial charge in [0.1, 0.15) is 0 Å². The maximum absolute atomic E-state index is 5.57. The van der Waals surface area contributed by atoms with Crippen molar-refractivity contribution in [3.63, 3.8) is 0 Å². The van der Waals surface area contributed by atoms with Crippen LogP contribution in [0.5, 0.6) is 0 Å². The summed E-state index contributed by atoms with van der Waals surface area (Å²) in [6, 6.07) is 0.901. The summed E-state index contributed by atoms with van der Waals surface area (Å²) in [4.78, 5) is 0. The van der Waals surface area contributed by atoms with E-state index in [0.717, 1.165) is 6.04 Å². The van der Waals surface area contributed by atoms with Gasteiger partial charge in [0.25, 0.3) is 0 Å². The van der Waals surface area contributed by atoms with Crippen molar-refractivity contribution in [3.8, 4) is 0 Å². The van der Waals surface area contributed by atoms with Gasteiger partial charge in [-0.15, -0.1) is 0 Å². The van der Waals surface area contributed by atoms with E-state index in [1.165, 1.54) is 0 Å². The molecule has 0 aliphatic carbocycles. The fourth-order valence-electron chi connectivity index (χ4n) is 0.464. The number of hydrogen-bond acceptors (Lipinski definition) is 2. The van der Waals surface area contributed by atoms with Crippen molar-refractivity contribution in [2.75, 3.05) is 7.11 Å². The molecule has 0 saturated carbocycles. The summed E-state index contributed by atoms with van der Waals surface area (Å²) in [5, 5.41) is 0. The third kappa shape index (κ3) is 3.93. The van der Waals surface area contributed by atoms with Gasteiger partial charge in [0.15, 0.2) is 4.47 Å². The van der Waals surface area contributed by atoms with Crippen LogP contribution in [0.1, 0.15) is 6.92 Å². The van der Waals surface area contributed by atoms with Crippen LogP contribution >= 0.6 is 27.5 Å².